The molecule has 1 N–H and O–H groups in total. The van der Waals surface area contributed by atoms with E-state index in [2.05, 4.69) is 10.2 Å². The van der Waals surface area contributed by atoms with Crippen molar-refractivity contribution in [3.63, 3.8) is 0 Å². The molecule has 1 aromatic carbocycles. The van der Waals surface area contributed by atoms with Crippen LogP contribution >= 0.6 is 11.3 Å². The predicted molar refractivity (Wildman–Crippen MR) is 106 cm³/mol. The minimum atomic E-state index is -4.32. The van der Waals surface area contributed by atoms with Crippen molar-refractivity contribution in [3.8, 4) is 0 Å². The van der Waals surface area contributed by atoms with Gasteiger partial charge in [-0.3, -0.25) is 9.69 Å². The molecule has 1 fully saturated rings. The number of thiophene rings is 1. The highest BCUT2D eigenvalue weighted by atomic mass is 32.1. The zero-order chi connectivity index (χ0) is 20.1. The quantitative estimate of drug-likeness (QED) is 0.716. The summed E-state index contributed by atoms with van der Waals surface area (Å²) in [6, 6.07) is 9.58. The lowest BCUT2D eigenvalue weighted by Gasteiger charge is -2.32. The van der Waals surface area contributed by atoms with Crippen molar-refractivity contribution >= 4 is 23.3 Å². The fourth-order valence-electron chi connectivity index (χ4n) is 3.29. The van der Waals surface area contributed by atoms with E-state index in [-0.39, 0.29) is 11.9 Å². The molecule has 1 aromatic heterocycles. The van der Waals surface area contributed by atoms with Gasteiger partial charge in [-0.1, -0.05) is 18.2 Å². The maximum atomic E-state index is 12.8. The molecular weight excluding hydrogens is 385 g/mol. The van der Waals surface area contributed by atoms with E-state index in [4.69, 9.17) is 0 Å². The number of benzene rings is 1. The number of carbonyl (C=O) groups excluding carboxylic acids is 1. The third-order valence-electron chi connectivity index (χ3n) is 4.75. The first-order chi connectivity index (χ1) is 13.3. The minimum Gasteiger partial charge on any atom is -0.350 e. The van der Waals surface area contributed by atoms with Crippen molar-refractivity contribution < 1.29 is 18.0 Å². The number of nitrogens with zero attached hydrogens (tertiary/aromatic N) is 1. The van der Waals surface area contributed by atoms with Gasteiger partial charge in [-0.05, 0) is 49.6 Å². The number of hydrogen-bond acceptors (Lipinski definition) is 3. The Labute approximate surface area is 166 Å². The van der Waals surface area contributed by atoms with Crippen molar-refractivity contribution in [2.24, 2.45) is 0 Å². The second-order valence-corrected chi connectivity index (χ2v) is 8.36. The molecule has 0 spiro atoms. The Morgan fingerprint density at radius 3 is 2.64 bits per heavy atom. The highest BCUT2D eigenvalue weighted by molar-refractivity contribution is 7.12. The first-order valence-corrected chi connectivity index (χ1v) is 10.0. The van der Waals surface area contributed by atoms with Crippen LogP contribution < -0.4 is 5.32 Å². The number of carbonyl (C=O) groups is 1. The van der Waals surface area contributed by atoms with E-state index in [1.165, 1.54) is 17.0 Å². The molecule has 1 amide bonds. The summed E-state index contributed by atoms with van der Waals surface area (Å²) in [6.45, 7) is 4.00. The van der Waals surface area contributed by atoms with Crippen molar-refractivity contribution in [2.75, 3.05) is 13.1 Å². The molecule has 0 atom stereocenters. The third-order valence-corrected chi connectivity index (χ3v) is 5.72. The van der Waals surface area contributed by atoms with Gasteiger partial charge in [0.15, 0.2) is 0 Å². The van der Waals surface area contributed by atoms with E-state index >= 15 is 0 Å². The molecule has 0 aliphatic carbocycles. The molecule has 0 radical (unpaired) electrons. The Kier molecular flexibility index (Phi) is 6.57. The number of rotatable bonds is 5. The molecule has 1 aliphatic heterocycles. The average molecular weight is 408 g/mol. The van der Waals surface area contributed by atoms with Gasteiger partial charge in [0.1, 0.15) is 0 Å². The van der Waals surface area contributed by atoms with Crippen LogP contribution in [-0.2, 0) is 17.5 Å². The van der Waals surface area contributed by atoms with Crippen LogP contribution in [0.3, 0.4) is 0 Å². The summed E-state index contributed by atoms with van der Waals surface area (Å²) in [5.74, 6) is -0.109. The highest BCUT2D eigenvalue weighted by Gasteiger charge is 2.30. The van der Waals surface area contributed by atoms with Gasteiger partial charge < -0.3 is 5.32 Å². The number of likely N-dealkylation sites (tertiary alicyclic amines) is 1. The summed E-state index contributed by atoms with van der Waals surface area (Å²) in [5, 5.41) is 3.01. The second-order valence-electron chi connectivity index (χ2n) is 7.04. The summed E-state index contributed by atoms with van der Waals surface area (Å²) >= 11 is 1.64. The van der Waals surface area contributed by atoms with E-state index in [0.29, 0.717) is 12.1 Å². The van der Waals surface area contributed by atoms with E-state index in [1.807, 2.05) is 25.1 Å². The smallest absolute Gasteiger partial charge is 0.350 e. The first kappa shape index (κ1) is 20.6. The standard InChI is InChI=1S/C21H23F3N2OS/c1-15-5-6-19(28-15)7-8-20(27)25-18-9-11-26(12-10-18)14-16-3-2-4-17(13-16)21(22,23)24/h2-8,13,18H,9-12,14H2,1H3,(H,25,27). The van der Waals surface area contributed by atoms with Crippen LogP contribution in [-0.4, -0.2) is 29.9 Å². The van der Waals surface area contributed by atoms with Gasteiger partial charge in [0.2, 0.25) is 5.91 Å². The fraction of sp³-hybridized carbons (Fsp3) is 0.381. The number of amides is 1. The summed E-state index contributed by atoms with van der Waals surface area (Å²) in [4.78, 5) is 16.5. The largest absolute Gasteiger partial charge is 0.416 e. The molecule has 0 saturated carbocycles. The van der Waals surface area contributed by atoms with Crippen LogP contribution in [0.15, 0.2) is 42.5 Å². The summed E-state index contributed by atoms with van der Waals surface area (Å²) in [6.07, 6.45) is 0.631. The van der Waals surface area contributed by atoms with E-state index in [9.17, 15) is 18.0 Å². The van der Waals surface area contributed by atoms with Crippen molar-refractivity contribution in [1.29, 1.82) is 0 Å². The number of aryl methyl sites for hydroxylation is 1. The minimum absolute atomic E-state index is 0.0972. The van der Waals surface area contributed by atoms with Crippen molar-refractivity contribution in [1.82, 2.24) is 10.2 Å². The number of piperidine rings is 1. The molecule has 7 heteroatoms. The van der Waals surface area contributed by atoms with Crippen LogP contribution in [0.2, 0.25) is 0 Å². The maximum Gasteiger partial charge on any atom is 0.416 e. The Hall–Kier alpha value is -2.12. The van der Waals surface area contributed by atoms with Gasteiger partial charge in [-0.25, -0.2) is 0 Å². The van der Waals surface area contributed by atoms with Crippen LogP contribution in [0, 0.1) is 6.92 Å². The SMILES string of the molecule is Cc1ccc(C=CC(=O)NC2CCN(Cc3cccc(C(F)(F)F)c3)CC2)s1. The molecule has 0 unspecified atom stereocenters. The lowest BCUT2D eigenvalue weighted by atomic mass is 10.0. The average Bonchev–Trinajstić information content (AvgIpc) is 3.07. The summed E-state index contributed by atoms with van der Waals surface area (Å²) < 4.78 is 38.5. The number of hydrogen-bond donors (Lipinski definition) is 1. The maximum absolute atomic E-state index is 12.8. The summed E-state index contributed by atoms with van der Waals surface area (Å²) in [5.41, 5.74) is 0.0476. The molecule has 0 bridgehead atoms. The molecule has 1 saturated heterocycles. The van der Waals surface area contributed by atoms with E-state index in [1.54, 1.807) is 23.5 Å². The Bertz CT molecular complexity index is 836. The van der Waals surface area contributed by atoms with Crippen LogP contribution in [0.25, 0.3) is 6.08 Å². The molecule has 3 nitrogen and oxygen atoms in total. The van der Waals surface area contributed by atoms with Crippen molar-refractivity contribution in [2.45, 2.75) is 38.5 Å². The Morgan fingerprint density at radius 2 is 2.00 bits per heavy atom. The highest BCUT2D eigenvalue weighted by Crippen LogP contribution is 2.30. The predicted octanol–water partition coefficient (Wildman–Crippen LogP) is 4.87. The Morgan fingerprint density at radius 1 is 1.25 bits per heavy atom. The van der Waals surface area contributed by atoms with Gasteiger partial charge in [0.25, 0.3) is 0 Å². The van der Waals surface area contributed by atoms with Crippen LogP contribution in [0.1, 0.15) is 33.7 Å². The number of nitrogens with one attached hydrogen (secondary N) is 1. The number of halogens is 3. The van der Waals surface area contributed by atoms with Gasteiger partial charge in [-0.15, -0.1) is 11.3 Å². The first-order valence-electron chi connectivity index (χ1n) is 9.23. The zero-order valence-electron chi connectivity index (χ0n) is 15.6. The van der Waals surface area contributed by atoms with Gasteiger partial charge in [0, 0.05) is 41.5 Å². The monoisotopic (exact) mass is 408 g/mol. The van der Waals surface area contributed by atoms with Crippen molar-refractivity contribution in [3.05, 3.63) is 63.4 Å². The topological polar surface area (TPSA) is 32.3 Å². The number of alkyl halides is 3. The lowest BCUT2D eigenvalue weighted by Crippen LogP contribution is -2.43. The molecule has 28 heavy (non-hydrogen) atoms. The molecule has 2 aromatic rings. The normalized spacial score (nSPS) is 16.6. The molecule has 1 aliphatic rings. The molecule has 2 heterocycles. The Balaban J connectivity index is 1.45. The van der Waals surface area contributed by atoms with Crippen LogP contribution in [0.4, 0.5) is 13.2 Å². The van der Waals surface area contributed by atoms with E-state index < -0.39 is 11.7 Å². The molecule has 3 rings (SSSR count). The molecule has 150 valence electrons. The molecular formula is C21H23F3N2OS. The third kappa shape index (κ3) is 5.94. The fourth-order valence-corrected chi connectivity index (χ4v) is 4.07. The van der Waals surface area contributed by atoms with Crippen LogP contribution in [0.5, 0.6) is 0 Å². The van der Waals surface area contributed by atoms with Gasteiger partial charge in [0.05, 0.1) is 5.56 Å². The zero-order valence-corrected chi connectivity index (χ0v) is 16.4. The lowest BCUT2D eigenvalue weighted by molar-refractivity contribution is -0.137. The van der Waals surface area contributed by atoms with Gasteiger partial charge in [-0.2, -0.15) is 13.2 Å². The van der Waals surface area contributed by atoms with Gasteiger partial charge >= 0.3 is 6.18 Å². The second kappa shape index (κ2) is 8.92. The summed E-state index contributed by atoms with van der Waals surface area (Å²) in [7, 11) is 0. The van der Waals surface area contributed by atoms with E-state index in [0.717, 1.165) is 36.9 Å².